The minimum absolute atomic E-state index is 0.552. The highest BCUT2D eigenvalue weighted by atomic mass is 15.3. The second-order valence-electron chi connectivity index (χ2n) is 5.33. The van der Waals surface area contributed by atoms with Gasteiger partial charge in [0.25, 0.3) is 0 Å². The van der Waals surface area contributed by atoms with Crippen molar-refractivity contribution in [3.8, 4) is 0 Å². The average molecular weight is 231 g/mol. The molecule has 2 rings (SSSR count). The number of allylic oxidation sites excluding steroid dienone is 4. The lowest BCUT2D eigenvalue weighted by Crippen LogP contribution is -2.23. The molecule has 1 aliphatic rings. The van der Waals surface area contributed by atoms with E-state index in [-0.39, 0.29) is 0 Å². The van der Waals surface area contributed by atoms with Crippen LogP contribution >= 0.6 is 0 Å². The first-order valence-corrected chi connectivity index (χ1v) is 6.34. The Hall–Kier alpha value is -1.38. The summed E-state index contributed by atoms with van der Waals surface area (Å²) in [7, 11) is 0. The number of aromatic nitrogens is 3. The zero-order valence-electron chi connectivity index (χ0n) is 11.0. The van der Waals surface area contributed by atoms with Crippen LogP contribution in [-0.4, -0.2) is 14.8 Å². The third-order valence-corrected chi connectivity index (χ3v) is 3.87. The standard InChI is InChI=1S/C14H21N3/c1-10(2)12(4)14-6-5-13(7-11(14)3)17-9-15-8-16-17/h5-12,14H,1-4H3. The SMILES string of the molecule is CC(C)C(C)C1C=CC(n2cncn2)=CC1C. The third kappa shape index (κ3) is 2.48. The summed E-state index contributed by atoms with van der Waals surface area (Å²) in [5, 5.41) is 4.17. The molecule has 0 spiro atoms. The third-order valence-electron chi connectivity index (χ3n) is 3.87. The van der Waals surface area contributed by atoms with Gasteiger partial charge in [-0.15, -0.1) is 0 Å². The molecule has 3 heteroatoms. The van der Waals surface area contributed by atoms with E-state index < -0.39 is 0 Å². The molecule has 1 aromatic rings. The Balaban J connectivity index is 2.15. The zero-order chi connectivity index (χ0) is 12.4. The molecule has 0 fully saturated rings. The molecule has 0 aromatic carbocycles. The molecule has 0 saturated carbocycles. The summed E-state index contributed by atoms with van der Waals surface area (Å²) in [6.07, 6.45) is 10.1. The molecule has 0 saturated heterocycles. The van der Waals surface area contributed by atoms with Crippen LogP contribution in [0.2, 0.25) is 0 Å². The maximum atomic E-state index is 4.17. The van der Waals surface area contributed by atoms with Crippen LogP contribution in [0, 0.1) is 23.7 Å². The highest BCUT2D eigenvalue weighted by molar-refractivity contribution is 5.58. The lowest BCUT2D eigenvalue weighted by molar-refractivity contribution is 0.278. The summed E-state index contributed by atoms with van der Waals surface area (Å²) in [5.74, 6) is 2.60. The Morgan fingerprint density at radius 1 is 1.29 bits per heavy atom. The lowest BCUT2D eigenvalue weighted by Gasteiger charge is -2.30. The Bertz CT molecular complexity index is 415. The largest absolute Gasteiger partial charge is 0.223 e. The molecule has 3 atom stereocenters. The Morgan fingerprint density at radius 2 is 2.06 bits per heavy atom. The zero-order valence-corrected chi connectivity index (χ0v) is 11.0. The van der Waals surface area contributed by atoms with Gasteiger partial charge in [-0.3, -0.25) is 0 Å². The van der Waals surface area contributed by atoms with E-state index in [1.165, 1.54) is 0 Å². The Kier molecular flexibility index (Phi) is 3.46. The van der Waals surface area contributed by atoms with Crippen molar-refractivity contribution in [2.75, 3.05) is 0 Å². The number of hydrogen-bond acceptors (Lipinski definition) is 2. The maximum Gasteiger partial charge on any atom is 0.138 e. The molecule has 1 heterocycles. The predicted octanol–water partition coefficient (Wildman–Crippen LogP) is 3.23. The van der Waals surface area contributed by atoms with Gasteiger partial charge in [-0.05, 0) is 29.7 Å². The summed E-state index contributed by atoms with van der Waals surface area (Å²) < 4.78 is 1.82. The van der Waals surface area contributed by atoms with E-state index in [0.29, 0.717) is 23.7 Å². The van der Waals surface area contributed by atoms with Gasteiger partial charge < -0.3 is 0 Å². The second-order valence-corrected chi connectivity index (χ2v) is 5.33. The van der Waals surface area contributed by atoms with Crippen molar-refractivity contribution >= 4 is 5.70 Å². The molecule has 0 amide bonds. The van der Waals surface area contributed by atoms with E-state index in [2.05, 4.69) is 56.0 Å². The van der Waals surface area contributed by atoms with Gasteiger partial charge in [-0.1, -0.05) is 39.8 Å². The van der Waals surface area contributed by atoms with Crippen LogP contribution in [0.3, 0.4) is 0 Å². The van der Waals surface area contributed by atoms with Crippen molar-refractivity contribution in [3.63, 3.8) is 0 Å². The first kappa shape index (κ1) is 12.1. The molecular weight excluding hydrogens is 210 g/mol. The summed E-state index contributed by atoms with van der Waals surface area (Å²) in [4.78, 5) is 3.98. The summed E-state index contributed by atoms with van der Waals surface area (Å²) in [5.41, 5.74) is 1.13. The van der Waals surface area contributed by atoms with Crippen molar-refractivity contribution in [1.29, 1.82) is 0 Å². The molecular formula is C14H21N3. The summed E-state index contributed by atoms with van der Waals surface area (Å²) in [6, 6.07) is 0. The van der Waals surface area contributed by atoms with Crippen molar-refractivity contribution in [1.82, 2.24) is 14.8 Å². The quantitative estimate of drug-likeness (QED) is 0.799. The van der Waals surface area contributed by atoms with Crippen LogP contribution < -0.4 is 0 Å². The highest BCUT2D eigenvalue weighted by Gasteiger charge is 2.25. The van der Waals surface area contributed by atoms with Crippen LogP contribution in [0.1, 0.15) is 27.7 Å². The minimum atomic E-state index is 0.552. The summed E-state index contributed by atoms with van der Waals surface area (Å²) in [6.45, 7) is 9.21. The molecule has 1 aliphatic carbocycles. The van der Waals surface area contributed by atoms with Crippen molar-refractivity contribution in [2.24, 2.45) is 23.7 Å². The topological polar surface area (TPSA) is 30.7 Å². The fourth-order valence-electron chi connectivity index (χ4n) is 2.41. The Labute approximate surface area is 103 Å². The van der Waals surface area contributed by atoms with E-state index in [1.807, 2.05) is 4.68 Å². The normalized spacial score (nSPS) is 26.1. The minimum Gasteiger partial charge on any atom is -0.223 e. The first-order chi connectivity index (χ1) is 8.09. The molecule has 0 bridgehead atoms. The lowest BCUT2D eigenvalue weighted by atomic mass is 9.75. The van der Waals surface area contributed by atoms with Gasteiger partial charge >= 0.3 is 0 Å². The summed E-state index contributed by atoms with van der Waals surface area (Å²) >= 11 is 0. The molecule has 3 unspecified atom stereocenters. The number of nitrogens with zero attached hydrogens (tertiary/aromatic N) is 3. The van der Waals surface area contributed by atoms with E-state index in [0.717, 1.165) is 5.70 Å². The predicted molar refractivity (Wildman–Crippen MR) is 70.1 cm³/mol. The first-order valence-electron chi connectivity index (χ1n) is 6.34. The van der Waals surface area contributed by atoms with Gasteiger partial charge in [-0.2, -0.15) is 5.10 Å². The van der Waals surface area contributed by atoms with Gasteiger partial charge in [0.05, 0.1) is 5.70 Å². The van der Waals surface area contributed by atoms with Crippen LogP contribution in [0.5, 0.6) is 0 Å². The fraction of sp³-hybridized carbons (Fsp3) is 0.571. The van der Waals surface area contributed by atoms with Gasteiger partial charge in [0, 0.05) is 0 Å². The van der Waals surface area contributed by atoms with E-state index in [1.54, 1.807) is 12.7 Å². The molecule has 3 nitrogen and oxygen atoms in total. The van der Waals surface area contributed by atoms with Crippen LogP contribution in [0.25, 0.3) is 5.70 Å². The molecule has 0 N–H and O–H groups in total. The van der Waals surface area contributed by atoms with Crippen molar-refractivity contribution in [3.05, 3.63) is 30.9 Å². The molecule has 1 aromatic heterocycles. The van der Waals surface area contributed by atoms with Gasteiger partial charge in [0.1, 0.15) is 12.7 Å². The van der Waals surface area contributed by atoms with E-state index in [4.69, 9.17) is 0 Å². The average Bonchev–Trinajstić information content (AvgIpc) is 2.81. The second kappa shape index (κ2) is 4.86. The van der Waals surface area contributed by atoms with Gasteiger partial charge in [0.15, 0.2) is 0 Å². The van der Waals surface area contributed by atoms with Crippen molar-refractivity contribution in [2.45, 2.75) is 27.7 Å². The fourth-order valence-corrected chi connectivity index (χ4v) is 2.41. The molecule has 92 valence electrons. The highest BCUT2D eigenvalue weighted by Crippen LogP contribution is 2.33. The van der Waals surface area contributed by atoms with Crippen molar-refractivity contribution < 1.29 is 0 Å². The molecule has 0 aliphatic heterocycles. The smallest absolute Gasteiger partial charge is 0.138 e. The van der Waals surface area contributed by atoms with E-state index >= 15 is 0 Å². The van der Waals surface area contributed by atoms with Crippen LogP contribution in [0.4, 0.5) is 0 Å². The number of rotatable bonds is 3. The monoisotopic (exact) mass is 231 g/mol. The van der Waals surface area contributed by atoms with Gasteiger partial charge in [-0.25, -0.2) is 9.67 Å². The van der Waals surface area contributed by atoms with E-state index in [9.17, 15) is 0 Å². The maximum absolute atomic E-state index is 4.17. The Morgan fingerprint density at radius 3 is 2.59 bits per heavy atom. The van der Waals surface area contributed by atoms with Gasteiger partial charge in [0.2, 0.25) is 0 Å². The molecule has 17 heavy (non-hydrogen) atoms. The van der Waals surface area contributed by atoms with Crippen LogP contribution in [0.15, 0.2) is 30.9 Å². The molecule has 0 radical (unpaired) electrons. The van der Waals surface area contributed by atoms with Crippen LogP contribution in [-0.2, 0) is 0 Å². The number of hydrogen-bond donors (Lipinski definition) is 0.